The topological polar surface area (TPSA) is 88.8 Å². The van der Waals surface area contributed by atoms with Gasteiger partial charge >= 0.3 is 0 Å². The highest BCUT2D eigenvalue weighted by Crippen LogP contribution is 2.27. The van der Waals surface area contributed by atoms with Gasteiger partial charge < -0.3 is 19.5 Å². The zero-order valence-corrected chi connectivity index (χ0v) is 20.7. The summed E-state index contributed by atoms with van der Waals surface area (Å²) >= 11 is 0. The van der Waals surface area contributed by atoms with Crippen molar-refractivity contribution in [2.24, 2.45) is 10.9 Å². The van der Waals surface area contributed by atoms with Crippen molar-refractivity contribution in [2.45, 2.75) is 24.3 Å². The van der Waals surface area contributed by atoms with Crippen molar-refractivity contribution < 1.29 is 13.2 Å². The Balaban J connectivity index is 0.00000320. The number of benzene rings is 1. The van der Waals surface area contributed by atoms with E-state index >= 15 is 0 Å². The molecule has 1 aliphatic rings. The fraction of sp³-hybridized carbons (Fsp3) is 0.500. The Morgan fingerprint density at radius 3 is 2.67 bits per heavy atom. The highest BCUT2D eigenvalue weighted by Gasteiger charge is 2.28. The number of guanidine groups is 1. The number of sulfone groups is 1. The van der Waals surface area contributed by atoms with E-state index in [0.717, 1.165) is 25.5 Å². The number of aliphatic imine (C=N–C) groups is 1. The lowest BCUT2D eigenvalue weighted by Crippen LogP contribution is -2.49. The molecule has 2 atom stereocenters. The Morgan fingerprint density at radius 2 is 2.07 bits per heavy atom. The van der Waals surface area contributed by atoms with Crippen LogP contribution in [0.2, 0.25) is 0 Å². The molecule has 10 heteroatoms. The first kappa shape index (κ1) is 24.4. The molecule has 2 aromatic rings. The molecule has 0 bridgehead atoms. The van der Waals surface area contributed by atoms with Gasteiger partial charge in [0.15, 0.2) is 15.8 Å². The van der Waals surface area contributed by atoms with Crippen LogP contribution in [-0.2, 0) is 9.84 Å². The molecule has 0 amide bonds. The lowest BCUT2D eigenvalue weighted by atomic mass is 9.93. The van der Waals surface area contributed by atoms with E-state index in [9.17, 15) is 8.42 Å². The minimum Gasteiger partial charge on any atom is -0.492 e. The fourth-order valence-electron chi connectivity index (χ4n) is 3.54. The Labute approximate surface area is 195 Å². The van der Waals surface area contributed by atoms with Gasteiger partial charge in [-0.2, -0.15) is 0 Å². The number of ether oxygens (including phenoxy) is 1. The van der Waals surface area contributed by atoms with Crippen molar-refractivity contribution in [2.75, 3.05) is 39.5 Å². The Hall–Kier alpha value is -1.82. The predicted octanol–water partition coefficient (Wildman–Crippen LogP) is 2.44. The maximum atomic E-state index is 11.5. The summed E-state index contributed by atoms with van der Waals surface area (Å²) in [5.41, 5.74) is 0. The van der Waals surface area contributed by atoms with Crippen LogP contribution in [0.25, 0.3) is 0 Å². The third-order valence-electron chi connectivity index (χ3n) is 5.24. The molecule has 0 spiro atoms. The summed E-state index contributed by atoms with van der Waals surface area (Å²) in [7, 11) is -1.40. The van der Waals surface area contributed by atoms with E-state index in [2.05, 4.69) is 31.7 Å². The molecule has 0 aliphatic carbocycles. The number of likely N-dealkylation sites (tertiary alicyclic amines) is 1. The van der Waals surface area contributed by atoms with Crippen LogP contribution in [0.15, 0.2) is 52.9 Å². The Morgan fingerprint density at radius 1 is 1.33 bits per heavy atom. The first-order chi connectivity index (χ1) is 13.9. The number of nitrogens with one attached hydrogen (secondary N) is 1. The van der Waals surface area contributed by atoms with Gasteiger partial charge in [0.05, 0.1) is 23.8 Å². The summed E-state index contributed by atoms with van der Waals surface area (Å²) in [5.74, 6) is 2.08. The minimum absolute atomic E-state index is 0. The minimum atomic E-state index is -3.19. The normalized spacial score (nSPS) is 19.8. The highest BCUT2D eigenvalue weighted by atomic mass is 127. The molecule has 2 heterocycles. The van der Waals surface area contributed by atoms with Crippen molar-refractivity contribution in [3.63, 3.8) is 0 Å². The average molecular weight is 547 g/mol. The molecule has 1 saturated heterocycles. The molecule has 1 fully saturated rings. The largest absolute Gasteiger partial charge is 0.492 e. The second-order valence-corrected chi connectivity index (χ2v) is 9.37. The van der Waals surface area contributed by atoms with E-state index in [1.165, 1.54) is 6.26 Å². The summed E-state index contributed by atoms with van der Waals surface area (Å²) < 4.78 is 30.9. The van der Waals surface area contributed by atoms with Crippen LogP contribution in [0, 0.1) is 5.92 Å². The first-order valence-corrected chi connectivity index (χ1v) is 11.6. The third-order valence-corrected chi connectivity index (χ3v) is 6.37. The lowest BCUT2D eigenvalue weighted by Gasteiger charge is -2.39. The fourth-order valence-corrected chi connectivity index (χ4v) is 4.17. The summed E-state index contributed by atoms with van der Waals surface area (Å²) in [5, 5.41) is 3.36. The van der Waals surface area contributed by atoms with Crippen LogP contribution in [0.5, 0.6) is 5.75 Å². The predicted molar refractivity (Wildman–Crippen MR) is 128 cm³/mol. The quantitative estimate of drug-likeness (QED) is 0.259. The van der Waals surface area contributed by atoms with Gasteiger partial charge in [0.1, 0.15) is 12.4 Å². The molecule has 166 valence electrons. The Kier molecular flexibility index (Phi) is 8.95. The maximum Gasteiger partial charge on any atom is 0.193 e. The lowest BCUT2D eigenvalue weighted by molar-refractivity contribution is 0.188. The van der Waals surface area contributed by atoms with Crippen LogP contribution >= 0.6 is 24.0 Å². The SMILES string of the molecule is CN=C(NCCOc1ccc(S(C)(=O)=O)cc1)N1CCC(C)C(n2ccnc2)C1.I. The smallest absolute Gasteiger partial charge is 0.193 e. The van der Waals surface area contributed by atoms with Gasteiger partial charge in [0.25, 0.3) is 0 Å². The van der Waals surface area contributed by atoms with E-state index < -0.39 is 9.84 Å². The number of halogens is 1. The zero-order chi connectivity index (χ0) is 20.9. The molecule has 1 aliphatic heterocycles. The Bertz CT molecular complexity index is 916. The van der Waals surface area contributed by atoms with Gasteiger partial charge in [-0.05, 0) is 36.6 Å². The summed E-state index contributed by atoms with van der Waals surface area (Å²) in [6, 6.07) is 6.83. The first-order valence-electron chi connectivity index (χ1n) is 9.74. The van der Waals surface area contributed by atoms with Crippen molar-refractivity contribution >= 4 is 39.8 Å². The molecule has 2 unspecified atom stereocenters. The van der Waals surface area contributed by atoms with E-state index in [1.54, 1.807) is 31.3 Å². The van der Waals surface area contributed by atoms with Crippen molar-refractivity contribution in [1.82, 2.24) is 19.8 Å². The molecule has 3 rings (SSSR count). The van der Waals surface area contributed by atoms with Gasteiger partial charge in [-0.15, -0.1) is 24.0 Å². The van der Waals surface area contributed by atoms with Gasteiger partial charge in [0.2, 0.25) is 0 Å². The number of nitrogens with zero attached hydrogens (tertiary/aromatic N) is 4. The molecule has 8 nitrogen and oxygen atoms in total. The van der Waals surface area contributed by atoms with Crippen LogP contribution in [0.4, 0.5) is 0 Å². The highest BCUT2D eigenvalue weighted by molar-refractivity contribution is 14.0. The average Bonchev–Trinajstić information content (AvgIpc) is 3.23. The summed E-state index contributed by atoms with van der Waals surface area (Å²) in [6.07, 6.45) is 8.00. The van der Waals surface area contributed by atoms with E-state index in [4.69, 9.17) is 4.74 Å². The second kappa shape index (κ2) is 11.0. The molecular formula is C20H30IN5O3S. The number of rotatable bonds is 6. The number of hydrogen-bond donors (Lipinski definition) is 1. The molecule has 0 saturated carbocycles. The van der Waals surface area contributed by atoms with Crippen LogP contribution in [0.3, 0.4) is 0 Å². The molecular weight excluding hydrogens is 517 g/mol. The van der Waals surface area contributed by atoms with Gasteiger partial charge in [-0.1, -0.05) is 6.92 Å². The zero-order valence-electron chi connectivity index (χ0n) is 17.6. The maximum absolute atomic E-state index is 11.5. The van der Waals surface area contributed by atoms with Gasteiger partial charge in [-0.3, -0.25) is 4.99 Å². The van der Waals surface area contributed by atoms with Crippen LogP contribution in [-0.4, -0.2) is 68.4 Å². The number of imidazole rings is 1. The third kappa shape index (κ3) is 6.34. The van der Waals surface area contributed by atoms with Crippen LogP contribution < -0.4 is 10.1 Å². The number of hydrogen-bond acceptors (Lipinski definition) is 5. The monoisotopic (exact) mass is 547 g/mol. The van der Waals surface area contributed by atoms with Gasteiger partial charge in [0, 0.05) is 38.8 Å². The molecule has 0 radical (unpaired) electrons. The number of aromatic nitrogens is 2. The van der Waals surface area contributed by atoms with E-state index in [1.807, 2.05) is 18.7 Å². The molecule has 1 aromatic carbocycles. The van der Waals surface area contributed by atoms with Crippen molar-refractivity contribution in [3.8, 4) is 5.75 Å². The van der Waals surface area contributed by atoms with E-state index in [0.29, 0.717) is 30.9 Å². The molecule has 30 heavy (non-hydrogen) atoms. The van der Waals surface area contributed by atoms with Crippen molar-refractivity contribution in [1.29, 1.82) is 0 Å². The van der Waals surface area contributed by atoms with E-state index in [-0.39, 0.29) is 28.9 Å². The van der Waals surface area contributed by atoms with Gasteiger partial charge in [-0.25, -0.2) is 13.4 Å². The number of piperidine rings is 1. The van der Waals surface area contributed by atoms with Crippen molar-refractivity contribution in [3.05, 3.63) is 43.0 Å². The summed E-state index contributed by atoms with van der Waals surface area (Å²) in [6.45, 7) is 5.17. The molecule has 1 N–H and O–H groups in total. The standard InChI is InChI=1S/C20H29N5O3S.HI/c1-16-8-11-24(14-19(16)25-12-9-22-15-25)20(21-2)23-10-13-28-17-4-6-18(7-5-17)29(3,26)27;/h4-7,9,12,15-16,19H,8,10-11,13-14H2,1-3H3,(H,21,23);1H. The second-order valence-electron chi connectivity index (χ2n) is 7.36. The summed E-state index contributed by atoms with van der Waals surface area (Å²) in [4.78, 5) is 11.2. The van der Waals surface area contributed by atoms with Crippen LogP contribution in [0.1, 0.15) is 19.4 Å². The molecule has 1 aromatic heterocycles.